The van der Waals surface area contributed by atoms with E-state index < -0.39 is 0 Å². The van der Waals surface area contributed by atoms with E-state index in [0.717, 1.165) is 22.2 Å². The van der Waals surface area contributed by atoms with Crippen molar-refractivity contribution in [3.05, 3.63) is 63.1 Å². The average molecular weight is 349 g/mol. The number of benzene rings is 2. The fraction of sp³-hybridized carbons (Fsp3) is 0.294. The van der Waals surface area contributed by atoms with Crippen molar-refractivity contribution in [2.24, 2.45) is 5.84 Å². The van der Waals surface area contributed by atoms with Crippen LogP contribution in [0.5, 0.6) is 5.75 Å². The van der Waals surface area contributed by atoms with Crippen LogP contribution in [0.2, 0.25) is 0 Å². The summed E-state index contributed by atoms with van der Waals surface area (Å²) in [7, 11) is 1.68. The fourth-order valence-electron chi connectivity index (χ4n) is 2.47. The number of hydrogen-bond donors (Lipinski definition) is 2. The molecule has 0 aliphatic heterocycles. The Morgan fingerprint density at radius 1 is 1.19 bits per heavy atom. The first-order chi connectivity index (χ1) is 10.0. The van der Waals surface area contributed by atoms with E-state index in [1.54, 1.807) is 7.11 Å². The molecule has 0 fully saturated rings. The van der Waals surface area contributed by atoms with Gasteiger partial charge in [0, 0.05) is 10.0 Å². The molecule has 0 aliphatic carbocycles. The van der Waals surface area contributed by atoms with Gasteiger partial charge in [-0.15, -0.1) is 0 Å². The van der Waals surface area contributed by atoms with E-state index in [1.165, 1.54) is 16.7 Å². The summed E-state index contributed by atoms with van der Waals surface area (Å²) >= 11 is 3.46. The van der Waals surface area contributed by atoms with Gasteiger partial charge in [0.05, 0.1) is 13.2 Å². The summed E-state index contributed by atoms with van der Waals surface area (Å²) in [5, 5.41) is 0. The van der Waals surface area contributed by atoms with Crippen molar-refractivity contribution in [3.63, 3.8) is 0 Å². The molecule has 2 aromatic carbocycles. The van der Waals surface area contributed by atoms with Crippen molar-refractivity contribution < 1.29 is 4.74 Å². The normalized spacial score (nSPS) is 12.2. The maximum Gasteiger partial charge on any atom is 0.124 e. The summed E-state index contributed by atoms with van der Waals surface area (Å²) < 4.78 is 6.47. The molecule has 0 saturated carbocycles. The smallest absolute Gasteiger partial charge is 0.124 e. The van der Waals surface area contributed by atoms with Crippen LogP contribution in [-0.4, -0.2) is 7.11 Å². The summed E-state index contributed by atoms with van der Waals surface area (Å²) in [6, 6.07) is 12.5. The second-order valence-electron chi connectivity index (χ2n) is 5.24. The number of nitrogens with one attached hydrogen (secondary N) is 1. The Hall–Kier alpha value is -1.36. The van der Waals surface area contributed by atoms with Crippen LogP contribution >= 0.6 is 15.9 Å². The zero-order valence-corrected chi connectivity index (χ0v) is 14.2. The van der Waals surface area contributed by atoms with Crippen LogP contribution in [0.1, 0.15) is 28.3 Å². The van der Waals surface area contributed by atoms with Gasteiger partial charge in [-0.25, -0.2) is 0 Å². The largest absolute Gasteiger partial charge is 0.496 e. The van der Waals surface area contributed by atoms with Crippen LogP contribution in [-0.2, 0) is 6.42 Å². The van der Waals surface area contributed by atoms with Gasteiger partial charge >= 0.3 is 0 Å². The van der Waals surface area contributed by atoms with Gasteiger partial charge in [0.15, 0.2) is 0 Å². The van der Waals surface area contributed by atoms with Gasteiger partial charge in [-0.2, -0.15) is 0 Å². The Bertz CT molecular complexity index is 628. The Labute approximate surface area is 134 Å². The molecule has 2 rings (SSSR count). The third-order valence-electron chi connectivity index (χ3n) is 3.70. The molecule has 0 aliphatic rings. The molecular weight excluding hydrogens is 328 g/mol. The van der Waals surface area contributed by atoms with E-state index in [1.807, 2.05) is 18.2 Å². The number of methoxy groups -OCH3 is 1. The van der Waals surface area contributed by atoms with Gasteiger partial charge in [0.1, 0.15) is 5.75 Å². The van der Waals surface area contributed by atoms with Gasteiger partial charge < -0.3 is 4.74 Å². The lowest BCUT2D eigenvalue weighted by atomic mass is 9.95. The molecular formula is C17H21BrN2O. The van der Waals surface area contributed by atoms with Crippen molar-refractivity contribution in [1.82, 2.24) is 5.43 Å². The molecule has 0 amide bonds. The lowest BCUT2D eigenvalue weighted by molar-refractivity contribution is 0.398. The van der Waals surface area contributed by atoms with E-state index in [-0.39, 0.29) is 6.04 Å². The molecule has 2 aromatic rings. The number of nitrogens with two attached hydrogens (primary N) is 1. The Balaban J connectivity index is 2.34. The average Bonchev–Trinajstić information content (AvgIpc) is 2.48. The highest BCUT2D eigenvalue weighted by molar-refractivity contribution is 9.10. The van der Waals surface area contributed by atoms with Crippen molar-refractivity contribution in [2.75, 3.05) is 7.11 Å². The Kier molecular flexibility index (Phi) is 5.39. The predicted octanol–water partition coefficient (Wildman–Crippen LogP) is 3.82. The van der Waals surface area contributed by atoms with Gasteiger partial charge in [-0.1, -0.05) is 45.8 Å². The van der Waals surface area contributed by atoms with Crippen LogP contribution in [0.25, 0.3) is 0 Å². The molecule has 0 radical (unpaired) electrons. The standard InChI is InChI=1S/C17H21BrN2O/c1-11-4-5-12(2)13(8-11)9-16(20-19)15-7-6-14(18)10-17(15)21-3/h4-8,10,16,20H,9,19H2,1-3H3. The van der Waals surface area contributed by atoms with Crippen LogP contribution in [0.15, 0.2) is 40.9 Å². The van der Waals surface area contributed by atoms with Crippen LogP contribution in [0, 0.1) is 13.8 Å². The second kappa shape index (κ2) is 7.07. The maximum absolute atomic E-state index is 5.79. The second-order valence-corrected chi connectivity index (χ2v) is 6.16. The van der Waals surface area contributed by atoms with Crippen molar-refractivity contribution in [3.8, 4) is 5.75 Å². The lowest BCUT2D eigenvalue weighted by Gasteiger charge is -2.20. The molecule has 112 valence electrons. The SMILES string of the molecule is COc1cc(Br)ccc1C(Cc1cc(C)ccc1C)NN. The van der Waals surface area contributed by atoms with Crippen LogP contribution < -0.4 is 16.0 Å². The fourth-order valence-corrected chi connectivity index (χ4v) is 2.81. The summed E-state index contributed by atoms with van der Waals surface area (Å²) in [5.74, 6) is 6.62. The molecule has 21 heavy (non-hydrogen) atoms. The summed E-state index contributed by atoms with van der Waals surface area (Å²) in [5.41, 5.74) is 7.80. The highest BCUT2D eigenvalue weighted by atomic mass is 79.9. The number of halogens is 1. The minimum atomic E-state index is 0.00792. The molecule has 3 nitrogen and oxygen atoms in total. The zero-order chi connectivity index (χ0) is 15.4. The molecule has 0 saturated heterocycles. The van der Waals surface area contributed by atoms with Crippen LogP contribution in [0.4, 0.5) is 0 Å². The Morgan fingerprint density at radius 3 is 2.62 bits per heavy atom. The van der Waals surface area contributed by atoms with Gasteiger partial charge in [-0.05, 0) is 43.5 Å². The number of aryl methyl sites for hydroxylation is 2. The number of ether oxygens (including phenoxy) is 1. The highest BCUT2D eigenvalue weighted by Crippen LogP contribution is 2.30. The molecule has 1 unspecified atom stereocenters. The molecule has 3 N–H and O–H groups in total. The minimum Gasteiger partial charge on any atom is -0.496 e. The molecule has 4 heteroatoms. The van der Waals surface area contributed by atoms with Crippen molar-refractivity contribution >= 4 is 15.9 Å². The number of rotatable bonds is 5. The zero-order valence-electron chi connectivity index (χ0n) is 12.6. The van der Waals surface area contributed by atoms with Gasteiger partial charge in [0.25, 0.3) is 0 Å². The van der Waals surface area contributed by atoms with E-state index in [4.69, 9.17) is 10.6 Å². The highest BCUT2D eigenvalue weighted by Gasteiger charge is 2.16. The monoisotopic (exact) mass is 348 g/mol. The predicted molar refractivity (Wildman–Crippen MR) is 90.4 cm³/mol. The van der Waals surface area contributed by atoms with E-state index >= 15 is 0 Å². The molecule has 0 aromatic heterocycles. The third kappa shape index (κ3) is 3.84. The van der Waals surface area contributed by atoms with E-state index in [0.29, 0.717) is 0 Å². The van der Waals surface area contributed by atoms with E-state index in [2.05, 4.69) is 53.4 Å². The molecule has 0 spiro atoms. The van der Waals surface area contributed by atoms with Crippen LogP contribution in [0.3, 0.4) is 0 Å². The summed E-state index contributed by atoms with van der Waals surface area (Å²) in [6.45, 7) is 4.23. The minimum absolute atomic E-state index is 0.00792. The lowest BCUT2D eigenvalue weighted by Crippen LogP contribution is -2.30. The number of hydrogen-bond acceptors (Lipinski definition) is 3. The Morgan fingerprint density at radius 2 is 1.95 bits per heavy atom. The first-order valence-corrected chi connectivity index (χ1v) is 7.70. The van der Waals surface area contributed by atoms with Crippen molar-refractivity contribution in [2.45, 2.75) is 26.3 Å². The third-order valence-corrected chi connectivity index (χ3v) is 4.19. The number of hydrazine groups is 1. The van der Waals surface area contributed by atoms with Gasteiger partial charge in [-0.3, -0.25) is 11.3 Å². The van der Waals surface area contributed by atoms with E-state index in [9.17, 15) is 0 Å². The first-order valence-electron chi connectivity index (χ1n) is 6.91. The van der Waals surface area contributed by atoms with Gasteiger partial charge in [0.2, 0.25) is 0 Å². The first kappa shape index (κ1) is 16.0. The molecule has 0 heterocycles. The quantitative estimate of drug-likeness (QED) is 0.637. The summed E-state index contributed by atoms with van der Waals surface area (Å²) in [4.78, 5) is 0. The summed E-state index contributed by atoms with van der Waals surface area (Å²) in [6.07, 6.45) is 0.821. The van der Waals surface area contributed by atoms with Crippen molar-refractivity contribution in [1.29, 1.82) is 0 Å². The topological polar surface area (TPSA) is 47.3 Å². The molecule has 1 atom stereocenters. The maximum atomic E-state index is 5.79. The molecule has 0 bridgehead atoms.